The van der Waals surface area contributed by atoms with E-state index >= 15 is 0 Å². The molecule has 0 heterocycles. The van der Waals surface area contributed by atoms with Crippen LogP contribution >= 0.6 is 0 Å². The second-order valence-electron chi connectivity index (χ2n) is 7.83. The van der Waals surface area contributed by atoms with Gasteiger partial charge in [0.05, 0.1) is 5.92 Å². The van der Waals surface area contributed by atoms with Gasteiger partial charge in [0.15, 0.2) is 5.78 Å². The maximum atomic E-state index is 12.6. The number of amides is 1. The molecular formula is C23H25NO2. The van der Waals surface area contributed by atoms with Crippen molar-refractivity contribution in [1.82, 2.24) is 0 Å². The number of carbonyl (C=O) groups is 2. The van der Waals surface area contributed by atoms with E-state index in [1.807, 2.05) is 18.2 Å². The molecule has 1 fully saturated rings. The molecule has 3 heteroatoms. The molecule has 3 nitrogen and oxygen atoms in total. The van der Waals surface area contributed by atoms with E-state index in [4.69, 9.17) is 0 Å². The van der Waals surface area contributed by atoms with Crippen LogP contribution in [0.5, 0.6) is 0 Å². The van der Waals surface area contributed by atoms with Gasteiger partial charge in [-0.25, -0.2) is 0 Å². The van der Waals surface area contributed by atoms with Crippen molar-refractivity contribution < 1.29 is 9.59 Å². The third-order valence-corrected chi connectivity index (χ3v) is 5.16. The number of nitrogens with one attached hydrogen (secondary N) is 1. The van der Waals surface area contributed by atoms with Crippen LogP contribution in [-0.2, 0) is 4.79 Å². The van der Waals surface area contributed by atoms with Gasteiger partial charge in [-0.2, -0.15) is 0 Å². The Morgan fingerprint density at radius 3 is 2.08 bits per heavy atom. The predicted octanol–water partition coefficient (Wildman–Crippen LogP) is 5.09. The van der Waals surface area contributed by atoms with Crippen LogP contribution in [-0.4, -0.2) is 11.7 Å². The topological polar surface area (TPSA) is 46.2 Å². The highest BCUT2D eigenvalue weighted by atomic mass is 16.2. The molecule has 0 unspecified atom stereocenters. The van der Waals surface area contributed by atoms with Gasteiger partial charge in [-0.1, -0.05) is 55.8 Å². The summed E-state index contributed by atoms with van der Waals surface area (Å²) in [4.78, 5) is 25.1. The van der Waals surface area contributed by atoms with Gasteiger partial charge in [-0.15, -0.1) is 0 Å². The van der Waals surface area contributed by atoms with E-state index in [1.54, 1.807) is 36.4 Å². The number of hydrogen-bond donors (Lipinski definition) is 1. The zero-order valence-corrected chi connectivity index (χ0v) is 15.7. The highest BCUT2D eigenvalue weighted by Crippen LogP contribution is 2.59. The van der Waals surface area contributed by atoms with Crippen LogP contribution in [0.4, 0.5) is 5.69 Å². The molecule has 1 amide bonds. The van der Waals surface area contributed by atoms with Crippen LogP contribution in [0, 0.1) is 17.3 Å². The SMILES string of the molecule is CC(C)=C[C@H]1[C@H](C(=O)Nc2ccc(C(=O)c3ccccc3)cc2)C1(C)C. The summed E-state index contributed by atoms with van der Waals surface area (Å²) in [5, 5.41) is 2.99. The molecule has 2 atom stereocenters. The van der Waals surface area contributed by atoms with Gasteiger partial charge in [0.25, 0.3) is 0 Å². The van der Waals surface area contributed by atoms with Crippen molar-refractivity contribution in [2.45, 2.75) is 27.7 Å². The summed E-state index contributed by atoms with van der Waals surface area (Å²) in [5.41, 5.74) is 3.22. The minimum Gasteiger partial charge on any atom is -0.326 e. The molecule has 3 rings (SSSR count). The van der Waals surface area contributed by atoms with E-state index in [0.717, 1.165) is 5.69 Å². The lowest BCUT2D eigenvalue weighted by Gasteiger charge is -2.07. The lowest BCUT2D eigenvalue weighted by Crippen LogP contribution is -2.17. The number of anilines is 1. The fourth-order valence-corrected chi connectivity index (χ4v) is 3.53. The average Bonchev–Trinajstić information content (AvgIpc) is 3.15. The molecule has 0 spiro atoms. The molecule has 1 saturated carbocycles. The van der Waals surface area contributed by atoms with Crippen molar-refractivity contribution in [2.24, 2.45) is 17.3 Å². The Bertz CT molecular complexity index is 844. The molecule has 0 aromatic heterocycles. The summed E-state index contributed by atoms with van der Waals surface area (Å²) in [7, 11) is 0. The number of rotatable bonds is 5. The third kappa shape index (κ3) is 3.62. The van der Waals surface area contributed by atoms with Gasteiger partial charge in [0.2, 0.25) is 5.91 Å². The van der Waals surface area contributed by atoms with Crippen LogP contribution in [0.1, 0.15) is 43.6 Å². The van der Waals surface area contributed by atoms with Crippen LogP contribution in [0.25, 0.3) is 0 Å². The Morgan fingerprint density at radius 2 is 1.50 bits per heavy atom. The van der Waals surface area contributed by atoms with Crippen LogP contribution in [0.15, 0.2) is 66.2 Å². The summed E-state index contributed by atoms with van der Waals surface area (Å²) < 4.78 is 0. The van der Waals surface area contributed by atoms with E-state index in [9.17, 15) is 9.59 Å². The number of hydrogen-bond acceptors (Lipinski definition) is 2. The quantitative estimate of drug-likeness (QED) is 0.604. The van der Waals surface area contributed by atoms with Crippen molar-refractivity contribution in [2.75, 3.05) is 5.32 Å². The highest BCUT2D eigenvalue weighted by Gasteiger charge is 2.60. The van der Waals surface area contributed by atoms with Crippen molar-refractivity contribution in [3.8, 4) is 0 Å². The van der Waals surface area contributed by atoms with Gasteiger partial charge < -0.3 is 5.32 Å². The number of carbonyl (C=O) groups excluding carboxylic acids is 2. The summed E-state index contributed by atoms with van der Waals surface area (Å²) in [6, 6.07) is 16.3. The molecule has 2 aromatic carbocycles. The smallest absolute Gasteiger partial charge is 0.228 e. The Balaban J connectivity index is 1.68. The highest BCUT2D eigenvalue weighted by molar-refractivity contribution is 6.09. The summed E-state index contributed by atoms with van der Waals surface area (Å²) in [6.45, 7) is 8.38. The summed E-state index contributed by atoms with van der Waals surface area (Å²) >= 11 is 0. The first kappa shape index (κ1) is 18.1. The van der Waals surface area contributed by atoms with Gasteiger partial charge in [0, 0.05) is 16.8 Å². The first-order chi connectivity index (χ1) is 12.3. The predicted molar refractivity (Wildman–Crippen MR) is 105 cm³/mol. The van der Waals surface area contributed by atoms with Gasteiger partial charge in [-0.05, 0) is 49.4 Å². The fourth-order valence-electron chi connectivity index (χ4n) is 3.53. The number of allylic oxidation sites excluding steroid dienone is 2. The largest absolute Gasteiger partial charge is 0.326 e. The molecule has 0 radical (unpaired) electrons. The number of benzene rings is 2. The molecule has 0 bridgehead atoms. The molecule has 26 heavy (non-hydrogen) atoms. The van der Waals surface area contributed by atoms with E-state index in [1.165, 1.54) is 5.57 Å². The van der Waals surface area contributed by atoms with Crippen molar-refractivity contribution in [3.63, 3.8) is 0 Å². The maximum Gasteiger partial charge on any atom is 0.228 e. The van der Waals surface area contributed by atoms with Crippen LogP contribution < -0.4 is 5.32 Å². The minimum absolute atomic E-state index is 0.00936. The first-order valence-electron chi connectivity index (χ1n) is 8.96. The first-order valence-corrected chi connectivity index (χ1v) is 8.96. The van der Waals surface area contributed by atoms with Gasteiger partial charge in [-0.3, -0.25) is 9.59 Å². The van der Waals surface area contributed by atoms with E-state index < -0.39 is 0 Å². The van der Waals surface area contributed by atoms with Crippen molar-refractivity contribution in [1.29, 1.82) is 0 Å². The molecule has 1 aliphatic carbocycles. The summed E-state index contributed by atoms with van der Waals surface area (Å²) in [5.74, 6) is 0.296. The average molecular weight is 347 g/mol. The zero-order valence-electron chi connectivity index (χ0n) is 15.7. The van der Waals surface area contributed by atoms with E-state index in [0.29, 0.717) is 11.1 Å². The molecule has 1 N–H and O–H groups in total. The van der Waals surface area contributed by atoms with Gasteiger partial charge >= 0.3 is 0 Å². The van der Waals surface area contributed by atoms with Crippen molar-refractivity contribution in [3.05, 3.63) is 77.4 Å². The van der Waals surface area contributed by atoms with Crippen molar-refractivity contribution >= 4 is 17.4 Å². The Hall–Kier alpha value is -2.68. The molecule has 134 valence electrons. The molecular weight excluding hydrogens is 322 g/mol. The minimum atomic E-state index is -0.0181. The van der Waals surface area contributed by atoms with Gasteiger partial charge in [0.1, 0.15) is 0 Å². The Morgan fingerprint density at radius 1 is 0.923 bits per heavy atom. The lowest BCUT2D eigenvalue weighted by atomic mass is 10.0. The fraction of sp³-hybridized carbons (Fsp3) is 0.304. The normalized spacial score (nSPS) is 20.2. The second kappa shape index (κ2) is 6.91. The summed E-state index contributed by atoms with van der Waals surface area (Å²) in [6.07, 6.45) is 2.19. The third-order valence-electron chi connectivity index (χ3n) is 5.16. The molecule has 2 aromatic rings. The molecule has 0 aliphatic heterocycles. The van der Waals surface area contributed by atoms with E-state index in [-0.39, 0.29) is 28.9 Å². The molecule has 0 saturated heterocycles. The monoisotopic (exact) mass is 347 g/mol. The zero-order chi connectivity index (χ0) is 18.9. The molecule has 1 aliphatic rings. The number of ketones is 1. The Kier molecular flexibility index (Phi) is 4.82. The second-order valence-corrected chi connectivity index (χ2v) is 7.83. The van der Waals surface area contributed by atoms with Crippen LogP contribution in [0.3, 0.4) is 0 Å². The maximum absolute atomic E-state index is 12.6. The standard InChI is InChI=1S/C23H25NO2/c1-15(2)14-19-20(23(19,3)4)22(26)24-18-12-10-17(11-13-18)21(25)16-8-6-5-7-9-16/h5-14,19-20H,1-4H3,(H,24,26)/t19-,20+/m0/s1. The van der Waals surface area contributed by atoms with Crippen LogP contribution in [0.2, 0.25) is 0 Å². The van der Waals surface area contributed by atoms with E-state index in [2.05, 4.69) is 39.1 Å². The Labute approximate surface area is 155 Å². The lowest BCUT2D eigenvalue weighted by molar-refractivity contribution is -0.118.